The number of halogens is 5. The third-order valence-corrected chi connectivity index (χ3v) is 4.14. The van der Waals surface area contributed by atoms with Crippen molar-refractivity contribution in [3.63, 3.8) is 0 Å². The fourth-order valence-corrected chi connectivity index (χ4v) is 2.78. The lowest BCUT2D eigenvalue weighted by Gasteiger charge is -2.38. The van der Waals surface area contributed by atoms with Gasteiger partial charge in [-0.05, 0) is 18.6 Å². The van der Waals surface area contributed by atoms with Crippen LogP contribution in [0.2, 0.25) is 0 Å². The third kappa shape index (κ3) is 3.00. The molecular formula is C15H11F5N6O. The van der Waals surface area contributed by atoms with Gasteiger partial charge in [-0.25, -0.2) is 18.4 Å². The fraction of sp³-hybridized carbons (Fsp3) is 0.333. The van der Waals surface area contributed by atoms with Crippen LogP contribution in [-0.2, 0) is 6.18 Å². The molecule has 142 valence electrons. The molecule has 0 spiro atoms. The molecule has 1 N–H and O–H groups in total. The Morgan fingerprint density at radius 3 is 2.56 bits per heavy atom. The first-order valence-electron chi connectivity index (χ1n) is 7.70. The van der Waals surface area contributed by atoms with Crippen molar-refractivity contribution < 1.29 is 22.0 Å². The Morgan fingerprint density at radius 2 is 1.96 bits per heavy atom. The van der Waals surface area contributed by atoms with Gasteiger partial charge in [0.15, 0.2) is 5.65 Å². The summed E-state index contributed by atoms with van der Waals surface area (Å²) >= 11 is 0. The van der Waals surface area contributed by atoms with Gasteiger partial charge in [0.2, 0.25) is 5.95 Å². The molecule has 0 saturated carbocycles. The predicted molar refractivity (Wildman–Crippen MR) is 84.2 cm³/mol. The van der Waals surface area contributed by atoms with Gasteiger partial charge in [-0.1, -0.05) is 0 Å². The van der Waals surface area contributed by atoms with Crippen molar-refractivity contribution in [3.8, 4) is 5.69 Å². The summed E-state index contributed by atoms with van der Waals surface area (Å²) in [5.41, 5.74) is -1.17. The molecule has 3 aromatic rings. The maximum Gasteiger partial charge on any atom is 0.433 e. The van der Waals surface area contributed by atoms with E-state index in [0.717, 1.165) is 12.3 Å². The zero-order valence-corrected chi connectivity index (χ0v) is 13.7. The van der Waals surface area contributed by atoms with Gasteiger partial charge in [0.05, 0.1) is 25.0 Å². The molecule has 0 bridgehead atoms. The number of hydrogen-bond donors (Lipinski definition) is 1. The van der Waals surface area contributed by atoms with E-state index in [2.05, 4.69) is 20.1 Å². The molecule has 1 fully saturated rings. The minimum absolute atomic E-state index is 0.0109. The van der Waals surface area contributed by atoms with Crippen molar-refractivity contribution in [2.24, 2.45) is 0 Å². The molecule has 7 nitrogen and oxygen atoms in total. The van der Waals surface area contributed by atoms with Crippen LogP contribution in [0.15, 0.2) is 23.3 Å². The normalized spacial score (nSPS) is 16.6. The highest BCUT2D eigenvalue weighted by molar-refractivity contribution is 5.75. The van der Waals surface area contributed by atoms with Gasteiger partial charge in [-0.15, -0.1) is 5.10 Å². The van der Waals surface area contributed by atoms with Crippen LogP contribution in [0.4, 0.5) is 27.9 Å². The Kier molecular flexibility index (Phi) is 3.52. The molecular weight excluding hydrogens is 375 g/mol. The molecule has 1 aliphatic heterocycles. The molecule has 0 aliphatic carbocycles. The number of aromatic amines is 1. The second-order valence-corrected chi connectivity index (χ2v) is 6.27. The number of fused-ring (bicyclic) bond motifs is 1. The number of hydrogen-bond acceptors (Lipinski definition) is 5. The lowest BCUT2D eigenvalue weighted by atomic mass is 10.2. The van der Waals surface area contributed by atoms with Gasteiger partial charge in [-0.2, -0.15) is 18.2 Å². The molecule has 0 atom stereocenters. The molecule has 27 heavy (non-hydrogen) atoms. The van der Waals surface area contributed by atoms with E-state index in [-0.39, 0.29) is 28.2 Å². The predicted octanol–water partition coefficient (Wildman–Crippen LogP) is 2.29. The summed E-state index contributed by atoms with van der Waals surface area (Å²) in [5.74, 6) is -2.87. The van der Waals surface area contributed by atoms with Crippen molar-refractivity contribution in [2.75, 3.05) is 18.0 Å². The van der Waals surface area contributed by atoms with E-state index < -0.39 is 36.4 Å². The second kappa shape index (κ2) is 5.47. The van der Waals surface area contributed by atoms with Gasteiger partial charge in [-0.3, -0.25) is 9.78 Å². The highest BCUT2D eigenvalue weighted by atomic mass is 19.4. The Morgan fingerprint density at radius 1 is 1.26 bits per heavy atom. The Labute approximate surface area is 147 Å². The van der Waals surface area contributed by atoms with Gasteiger partial charge >= 0.3 is 6.18 Å². The Hall–Kier alpha value is -3.05. The summed E-state index contributed by atoms with van der Waals surface area (Å²) in [6, 6.07) is 0.868. The zero-order valence-electron chi connectivity index (χ0n) is 13.7. The molecule has 1 saturated heterocycles. The van der Waals surface area contributed by atoms with Crippen LogP contribution < -0.4 is 10.5 Å². The van der Waals surface area contributed by atoms with E-state index in [1.54, 1.807) is 0 Å². The molecule has 1 aliphatic rings. The maximum absolute atomic E-state index is 13.0. The average Bonchev–Trinajstić information content (AvgIpc) is 2.95. The number of rotatable bonds is 2. The van der Waals surface area contributed by atoms with E-state index in [4.69, 9.17) is 0 Å². The molecule has 0 unspecified atom stereocenters. The molecule has 4 heterocycles. The summed E-state index contributed by atoms with van der Waals surface area (Å²) in [4.78, 5) is 23.2. The summed E-state index contributed by atoms with van der Waals surface area (Å²) in [7, 11) is 0. The summed E-state index contributed by atoms with van der Waals surface area (Å²) in [6.07, 6.45) is -2.28. The van der Waals surface area contributed by atoms with Gasteiger partial charge in [0, 0.05) is 6.20 Å². The van der Waals surface area contributed by atoms with E-state index in [1.165, 1.54) is 22.7 Å². The van der Waals surface area contributed by atoms with Gasteiger partial charge in [0.25, 0.3) is 11.5 Å². The number of alkyl halides is 5. The van der Waals surface area contributed by atoms with Gasteiger partial charge < -0.3 is 4.90 Å². The van der Waals surface area contributed by atoms with Crippen molar-refractivity contribution >= 4 is 17.0 Å². The number of H-pyrrole nitrogens is 1. The van der Waals surface area contributed by atoms with Crippen LogP contribution in [0.3, 0.4) is 0 Å². The lowest BCUT2D eigenvalue weighted by Crippen LogP contribution is -2.57. The first kappa shape index (κ1) is 17.4. The van der Waals surface area contributed by atoms with Crippen molar-refractivity contribution in [1.29, 1.82) is 0 Å². The first-order valence-corrected chi connectivity index (χ1v) is 7.70. The number of aromatic nitrogens is 5. The monoisotopic (exact) mass is 386 g/mol. The number of aryl methyl sites for hydroxylation is 1. The summed E-state index contributed by atoms with van der Waals surface area (Å²) in [5, 5.41) is 4.16. The lowest BCUT2D eigenvalue weighted by molar-refractivity contribution is -0.141. The highest BCUT2D eigenvalue weighted by Crippen LogP contribution is 2.30. The smallest absolute Gasteiger partial charge is 0.330 e. The van der Waals surface area contributed by atoms with Crippen LogP contribution in [0, 0.1) is 6.92 Å². The number of nitrogens with zero attached hydrogens (tertiary/aromatic N) is 5. The van der Waals surface area contributed by atoms with E-state index >= 15 is 0 Å². The fourth-order valence-electron chi connectivity index (χ4n) is 2.78. The molecule has 0 amide bonds. The summed E-state index contributed by atoms with van der Waals surface area (Å²) in [6.45, 7) is 0.317. The van der Waals surface area contributed by atoms with Crippen molar-refractivity contribution in [3.05, 3.63) is 40.1 Å². The van der Waals surface area contributed by atoms with Crippen molar-refractivity contribution in [1.82, 2.24) is 24.7 Å². The molecule has 0 aromatic carbocycles. The number of pyridine rings is 1. The quantitative estimate of drug-likeness (QED) is 0.684. The molecule has 4 rings (SSSR count). The second-order valence-electron chi connectivity index (χ2n) is 6.27. The van der Waals surface area contributed by atoms with E-state index in [0.29, 0.717) is 0 Å². The Bertz CT molecular complexity index is 1090. The molecule has 12 heteroatoms. The van der Waals surface area contributed by atoms with Crippen molar-refractivity contribution in [2.45, 2.75) is 19.0 Å². The topological polar surface area (TPSA) is 79.7 Å². The molecule has 3 aromatic heterocycles. The molecule has 0 radical (unpaired) electrons. The number of anilines is 1. The first-order chi connectivity index (χ1) is 12.5. The van der Waals surface area contributed by atoms with Crippen LogP contribution >= 0.6 is 0 Å². The van der Waals surface area contributed by atoms with Crippen LogP contribution in [0.1, 0.15) is 11.3 Å². The van der Waals surface area contributed by atoms with Crippen LogP contribution in [0.5, 0.6) is 0 Å². The largest absolute Gasteiger partial charge is 0.433 e. The Balaban J connectivity index is 1.74. The van der Waals surface area contributed by atoms with Crippen LogP contribution in [0.25, 0.3) is 16.7 Å². The SMILES string of the molecule is Cc1cc(C(F)(F)F)ncc1-n1cc2c(=O)[nH]c(N3CC(F)(F)C3)nc2n1. The highest BCUT2D eigenvalue weighted by Gasteiger charge is 2.45. The minimum atomic E-state index is -4.58. The third-order valence-electron chi connectivity index (χ3n) is 4.14. The minimum Gasteiger partial charge on any atom is -0.330 e. The van der Waals surface area contributed by atoms with E-state index in [1.807, 2.05) is 0 Å². The van der Waals surface area contributed by atoms with Crippen LogP contribution in [-0.4, -0.2) is 43.7 Å². The summed E-state index contributed by atoms with van der Waals surface area (Å²) < 4.78 is 65.4. The average molecular weight is 386 g/mol. The maximum atomic E-state index is 13.0. The van der Waals surface area contributed by atoms with E-state index in [9.17, 15) is 26.7 Å². The number of nitrogens with one attached hydrogen (secondary N) is 1. The standard InChI is InChI=1S/C15H11F5N6O/c1-7-2-10(15(18,19)20)21-3-9(7)26-4-8-11(24-26)22-13(23-12(8)27)25-5-14(16,17)6-25/h2-4H,5-6H2,1H3,(H,22,23,24,27). The zero-order chi connectivity index (χ0) is 19.6. The van der Waals surface area contributed by atoms with Gasteiger partial charge in [0.1, 0.15) is 11.1 Å².